The van der Waals surface area contributed by atoms with Crippen molar-refractivity contribution in [2.24, 2.45) is 5.92 Å². The normalized spacial score (nSPS) is 19.5. The summed E-state index contributed by atoms with van der Waals surface area (Å²) in [6.07, 6.45) is 2.89. The second kappa shape index (κ2) is 6.66. The van der Waals surface area contributed by atoms with Crippen molar-refractivity contribution < 1.29 is 14.3 Å². The Balaban J connectivity index is 1.94. The first kappa shape index (κ1) is 14.0. The number of hydrogen-bond donors (Lipinski definition) is 1. The first-order valence-corrected chi connectivity index (χ1v) is 6.82. The van der Waals surface area contributed by atoms with Crippen LogP contribution in [0.4, 0.5) is 4.39 Å². The minimum absolute atomic E-state index is 0.0206. The monoisotopic (exact) mass is 265 g/mol. The Morgan fingerprint density at radius 1 is 1.42 bits per heavy atom. The minimum atomic E-state index is -0.320. The second-order valence-electron chi connectivity index (χ2n) is 5.13. The highest BCUT2D eigenvalue weighted by molar-refractivity contribution is 5.78. The molecule has 2 rings (SSSR count). The molecule has 1 amide bonds. The third kappa shape index (κ3) is 3.77. The van der Waals surface area contributed by atoms with Crippen molar-refractivity contribution in [2.45, 2.75) is 25.7 Å². The summed E-state index contributed by atoms with van der Waals surface area (Å²) in [4.78, 5) is 14.0. The van der Waals surface area contributed by atoms with Crippen LogP contribution in [0.15, 0.2) is 24.3 Å². The molecule has 0 bridgehead atoms. The molecular formula is C15H20FNO2. The van der Waals surface area contributed by atoms with Crippen molar-refractivity contribution in [2.75, 3.05) is 19.7 Å². The Bertz CT molecular complexity index is 434. The van der Waals surface area contributed by atoms with Crippen molar-refractivity contribution in [3.63, 3.8) is 0 Å². The van der Waals surface area contributed by atoms with Crippen LogP contribution in [0.25, 0.3) is 0 Å². The van der Waals surface area contributed by atoms with E-state index in [0.29, 0.717) is 18.0 Å². The number of nitrogens with zero attached hydrogens (tertiary/aromatic N) is 1. The molecule has 0 saturated carbocycles. The number of aliphatic hydroxyl groups excluding tert-OH is 1. The molecule has 0 aliphatic carbocycles. The predicted molar refractivity (Wildman–Crippen MR) is 71.1 cm³/mol. The summed E-state index contributed by atoms with van der Waals surface area (Å²) in [6.45, 7) is 1.60. The lowest BCUT2D eigenvalue weighted by molar-refractivity contribution is -0.132. The van der Waals surface area contributed by atoms with Gasteiger partial charge in [0, 0.05) is 19.7 Å². The SMILES string of the molecule is O=C(Cc1ccccc1F)N1CCCC(CCO)C1. The van der Waals surface area contributed by atoms with Gasteiger partial charge in [0.25, 0.3) is 0 Å². The van der Waals surface area contributed by atoms with E-state index in [1.54, 1.807) is 23.1 Å². The molecule has 1 unspecified atom stereocenters. The molecule has 104 valence electrons. The summed E-state index contributed by atoms with van der Waals surface area (Å²) in [5, 5.41) is 8.96. The van der Waals surface area contributed by atoms with Gasteiger partial charge in [-0.15, -0.1) is 0 Å². The second-order valence-corrected chi connectivity index (χ2v) is 5.13. The van der Waals surface area contributed by atoms with Crippen molar-refractivity contribution in [1.82, 2.24) is 4.90 Å². The van der Waals surface area contributed by atoms with Crippen molar-refractivity contribution in [1.29, 1.82) is 0 Å². The first-order chi connectivity index (χ1) is 9.20. The number of halogens is 1. The molecule has 1 saturated heterocycles. The van der Waals surface area contributed by atoms with Crippen LogP contribution in [0.3, 0.4) is 0 Å². The van der Waals surface area contributed by atoms with Crippen molar-refractivity contribution in [3.8, 4) is 0 Å². The maximum absolute atomic E-state index is 13.5. The summed E-state index contributed by atoms with van der Waals surface area (Å²) in [5.74, 6) is 0.0378. The zero-order valence-corrected chi connectivity index (χ0v) is 11.0. The van der Waals surface area contributed by atoms with Gasteiger partial charge in [-0.1, -0.05) is 18.2 Å². The zero-order valence-electron chi connectivity index (χ0n) is 11.0. The quantitative estimate of drug-likeness (QED) is 0.904. The molecule has 1 aliphatic heterocycles. The molecule has 1 aromatic carbocycles. The van der Waals surface area contributed by atoms with Gasteiger partial charge in [0.05, 0.1) is 6.42 Å². The standard InChI is InChI=1S/C15H20FNO2/c16-14-6-2-1-5-13(14)10-15(19)17-8-3-4-12(11-17)7-9-18/h1-2,5-6,12,18H,3-4,7-11H2. The third-order valence-electron chi connectivity index (χ3n) is 3.71. The Kier molecular flexibility index (Phi) is 4.91. The smallest absolute Gasteiger partial charge is 0.227 e. The molecule has 0 aromatic heterocycles. The van der Waals surface area contributed by atoms with E-state index in [-0.39, 0.29) is 24.8 Å². The van der Waals surface area contributed by atoms with E-state index in [1.807, 2.05) is 0 Å². The molecule has 4 heteroatoms. The fourth-order valence-electron chi connectivity index (χ4n) is 2.63. The molecule has 0 spiro atoms. The largest absolute Gasteiger partial charge is 0.396 e. The number of carbonyl (C=O) groups excluding carboxylic acids is 1. The van der Waals surface area contributed by atoms with Crippen molar-refractivity contribution in [3.05, 3.63) is 35.6 Å². The molecule has 0 radical (unpaired) electrons. The molecule has 1 N–H and O–H groups in total. The number of hydrogen-bond acceptors (Lipinski definition) is 2. The highest BCUT2D eigenvalue weighted by atomic mass is 19.1. The van der Waals surface area contributed by atoms with Crippen LogP contribution < -0.4 is 0 Å². The summed E-state index contributed by atoms with van der Waals surface area (Å²) < 4.78 is 13.5. The molecule has 1 aromatic rings. The van der Waals surface area contributed by atoms with Crippen LogP contribution in [-0.4, -0.2) is 35.6 Å². The van der Waals surface area contributed by atoms with Gasteiger partial charge in [0.1, 0.15) is 5.82 Å². The van der Waals surface area contributed by atoms with E-state index in [1.165, 1.54) is 6.07 Å². The van der Waals surface area contributed by atoms with Gasteiger partial charge in [-0.3, -0.25) is 4.79 Å². The molecule has 1 atom stereocenters. The van der Waals surface area contributed by atoms with Gasteiger partial charge in [-0.05, 0) is 36.8 Å². The highest BCUT2D eigenvalue weighted by Gasteiger charge is 2.23. The Hall–Kier alpha value is -1.42. The Morgan fingerprint density at radius 3 is 2.95 bits per heavy atom. The lowest BCUT2D eigenvalue weighted by atomic mass is 9.94. The highest BCUT2D eigenvalue weighted by Crippen LogP contribution is 2.20. The van der Waals surface area contributed by atoms with Crippen LogP contribution in [0, 0.1) is 11.7 Å². The van der Waals surface area contributed by atoms with E-state index in [9.17, 15) is 9.18 Å². The fraction of sp³-hybridized carbons (Fsp3) is 0.533. The lowest BCUT2D eigenvalue weighted by Gasteiger charge is -2.32. The number of piperidine rings is 1. The van der Waals surface area contributed by atoms with Gasteiger partial charge in [-0.25, -0.2) is 4.39 Å². The zero-order chi connectivity index (χ0) is 13.7. The number of rotatable bonds is 4. The molecule has 1 aliphatic rings. The van der Waals surface area contributed by atoms with E-state index in [4.69, 9.17) is 5.11 Å². The topological polar surface area (TPSA) is 40.5 Å². The predicted octanol–water partition coefficient (Wildman–Crippen LogP) is 1.99. The van der Waals surface area contributed by atoms with Gasteiger partial charge in [0.2, 0.25) is 5.91 Å². The summed E-state index contributed by atoms with van der Waals surface area (Å²) >= 11 is 0. The lowest BCUT2D eigenvalue weighted by Crippen LogP contribution is -2.41. The van der Waals surface area contributed by atoms with Crippen LogP contribution in [-0.2, 0) is 11.2 Å². The van der Waals surface area contributed by atoms with Crippen LogP contribution in [0.1, 0.15) is 24.8 Å². The average molecular weight is 265 g/mol. The Labute approximate surface area is 113 Å². The maximum Gasteiger partial charge on any atom is 0.227 e. The number of amides is 1. The number of likely N-dealkylation sites (tertiary alicyclic amines) is 1. The van der Waals surface area contributed by atoms with E-state index in [2.05, 4.69) is 0 Å². The fourth-order valence-corrected chi connectivity index (χ4v) is 2.63. The van der Waals surface area contributed by atoms with Crippen molar-refractivity contribution >= 4 is 5.91 Å². The number of benzene rings is 1. The summed E-state index contributed by atoms with van der Waals surface area (Å²) in [7, 11) is 0. The molecule has 3 nitrogen and oxygen atoms in total. The molecule has 1 heterocycles. The average Bonchev–Trinajstić information content (AvgIpc) is 2.42. The van der Waals surface area contributed by atoms with Crippen LogP contribution >= 0.6 is 0 Å². The van der Waals surface area contributed by atoms with E-state index >= 15 is 0 Å². The Morgan fingerprint density at radius 2 is 2.21 bits per heavy atom. The molecule has 19 heavy (non-hydrogen) atoms. The van der Waals surface area contributed by atoms with Gasteiger partial charge < -0.3 is 10.0 Å². The first-order valence-electron chi connectivity index (χ1n) is 6.82. The van der Waals surface area contributed by atoms with Gasteiger partial charge in [-0.2, -0.15) is 0 Å². The molecular weight excluding hydrogens is 245 g/mol. The van der Waals surface area contributed by atoms with Crippen LogP contribution in [0.2, 0.25) is 0 Å². The summed E-state index contributed by atoms with van der Waals surface area (Å²) in [6, 6.07) is 6.41. The van der Waals surface area contributed by atoms with Gasteiger partial charge >= 0.3 is 0 Å². The third-order valence-corrected chi connectivity index (χ3v) is 3.71. The maximum atomic E-state index is 13.5. The van der Waals surface area contributed by atoms with E-state index < -0.39 is 0 Å². The number of aliphatic hydroxyl groups is 1. The van der Waals surface area contributed by atoms with Gasteiger partial charge in [0.15, 0.2) is 0 Å². The van der Waals surface area contributed by atoms with Crippen LogP contribution in [0.5, 0.6) is 0 Å². The number of carbonyl (C=O) groups is 1. The minimum Gasteiger partial charge on any atom is -0.396 e. The summed E-state index contributed by atoms with van der Waals surface area (Å²) in [5.41, 5.74) is 0.455. The molecule has 1 fully saturated rings. The van der Waals surface area contributed by atoms with E-state index in [0.717, 1.165) is 25.8 Å².